The lowest BCUT2D eigenvalue weighted by Crippen LogP contribution is -2.39. The van der Waals surface area contributed by atoms with E-state index in [0.29, 0.717) is 18.5 Å². The van der Waals surface area contributed by atoms with E-state index >= 15 is 0 Å². The summed E-state index contributed by atoms with van der Waals surface area (Å²) in [5.74, 6) is -0.129. The Morgan fingerprint density at radius 2 is 2.00 bits per heavy atom. The number of amides is 3. The molecule has 2 saturated heterocycles. The Labute approximate surface area is 126 Å². The van der Waals surface area contributed by atoms with Crippen LogP contribution in [0.25, 0.3) is 0 Å². The van der Waals surface area contributed by atoms with Gasteiger partial charge in [-0.25, -0.2) is 23.5 Å². The Morgan fingerprint density at radius 3 is 2.64 bits per heavy atom. The lowest BCUT2D eigenvalue weighted by atomic mass is 10.0. The maximum Gasteiger partial charge on any atom is 0.333 e. The molecule has 0 saturated carbocycles. The van der Waals surface area contributed by atoms with Gasteiger partial charge in [0.15, 0.2) is 0 Å². The van der Waals surface area contributed by atoms with Crippen molar-refractivity contribution in [3.05, 3.63) is 22.9 Å². The van der Waals surface area contributed by atoms with Crippen molar-refractivity contribution in [2.75, 3.05) is 11.4 Å². The number of alkyl halides is 2. The van der Waals surface area contributed by atoms with Gasteiger partial charge in [-0.15, -0.1) is 0 Å². The van der Waals surface area contributed by atoms with E-state index in [0.717, 1.165) is 17.7 Å². The Bertz CT molecular complexity index is 624. The van der Waals surface area contributed by atoms with Gasteiger partial charge in [0.2, 0.25) is 0 Å². The molecule has 22 heavy (non-hydrogen) atoms. The van der Waals surface area contributed by atoms with E-state index in [4.69, 9.17) is 0 Å². The fourth-order valence-corrected chi connectivity index (χ4v) is 3.15. The summed E-state index contributed by atoms with van der Waals surface area (Å²) in [4.78, 5) is 31.7. The van der Waals surface area contributed by atoms with Crippen LogP contribution in [0, 0.1) is 13.8 Å². The van der Waals surface area contributed by atoms with Gasteiger partial charge in [-0.2, -0.15) is 0 Å². The zero-order valence-electron chi connectivity index (χ0n) is 12.5. The van der Waals surface area contributed by atoms with Gasteiger partial charge in [0, 0.05) is 17.8 Å². The highest BCUT2D eigenvalue weighted by Crippen LogP contribution is 2.33. The molecule has 2 fully saturated rings. The molecule has 0 N–H and O–H groups in total. The minimum absolute atomic E-state index is 0.140. The number of piperidine rings is 1. The zero-order chi connectivity index (χ0) is 16.0. The number of urea groups is 1. The second kappa shape index (κ2) is 5.30. The number of hydrogen-bond donors (Lipinski definition) is 0. The summed E-state index contributed by atoms with van der Waals surface area (Å²) in [5.41, 5.74) is 0.376. The lowest BCUT2D eigenvalue weighted by molar-refractivity contribution is -0.120. The second-order valence-electron chi connectivity index (χ2n) is 5.77. The maximum atomic E-state index is 12.9. The van der Waals surface area contributed by atoms with Crippen LogP contribution in [0.1, 0.15) is 42.5 Å². The van der Waals surface area contributed by atoms with E-state index in [1.807, 2.05) is 0 Å². The molecule has 0 spiro atoms. The first-order valence-corrected chi connectivity index (χ1v) is 7.32. The number of imide groups is 1. The van der Waals surface area contributed by atoms with Crippen molar-refractivity contribution < 1.29 is 18.4 Å². The van der Waals surface area contributed by atoms with Gasteiger partial charge in [0.1, 0.15) is 11.9 Å². The van der Waals surface area contributed by atoms with Gasteiger partial charge in [0.25, 0.3) is 12.3 Å². The van der Waals surface area contributed by atoms with Crippen LogP contribution in [0.5, 0.6) is 0 Å². The number of hydrogen-bond acceptors (Lipinski definition) is 3. The second-order valence-corrected chi connectivity index (χ2v) is 5.77. The summed E-state index contributed by atoms with van der Waals surface area (Å²) in [6, 6.07) is 0.479. The van der Waals surface area contributed by atoms with Gasteiger partial charge in [-0.3, -0.25) is 4.79 Å². The SMILES string of the molecule is Cc1cc(C(F)F)c(C)nc1N1C(=O)C2CCCCN2C1=O. The average molecular weight is 309 g/mol. The summed E-state index contributed by atoms with van der Waals surface area (Å²) in [5, 5.41) is 0. The Balaban J connectivity index is 2.02. The Kier molecular flexibility index (Phi) is 3.58. The van der Waals surface area contributed by atoms with Crippen LogP contribution in [0.2, 0.25) is 0 Å². The molecule has 1 atom stereocenters. The third-order valence-corrected chi connectivity index (χ3v) is 4.31. The molecule has 7 heteroatoms. The minimum atomic E-state index is -2.63. The average Bonchev–Trinajstić information content (AvgIpc) is 2.73. The molecule has 1 unspecified atom stereocenters. The number of aryl methyl sites for hydroxylation is 2. The van der Waals surface area contributed by atoms with E-state index in [1.54, 1.807) is 11.8 Å². The van der Waals surface area contributed by atoms with Crippen LogP contribution < -0.4 is 4.90 Å². The Morgan fingerprint density at radius 1 is 1.27 bits per heavy atom. The summed E-state index contributed by atoms with van der Waals surface area (Å²) < 4.78 is 25.8. The lowest BCUT2D eigenvalue weighted by Gasteiger charge is -2.25. The first-order chi connectivity index (χ1) is 10.4. The number of pyridine rings is 1. The highest BCUT2D eigenvalue weighted by atomic mass is 19.3. The van der Waals surface area contributed by atoms with Crippen molar-refractivity contribution in [2.45, 2.75) is 45.6 Å². The number of aromatic nitrogens is 1. The molecule has 2 aliphatic heterocycles. The topological polar surface area (TPSA) is 53.5 Å². The zero-order valence-corrected chi connectivity index (χ0v) is 12.5. The molecule has 0 radical (unpaired) electrons. The summed E-state index contributed by atoms with van der Waals surface area (Å²) in [7, 11) is 0. The molecule has 2 aliphatic rings. The number of nitrogens with zero attached hydrogens (tertiary/aromatic N) is 3. The fourth-order valence-electron chi connectivity index (χ4n) is 3.15. The molecule has 1 aromatic heterocycles. The molecule has 5 nitrogen and oxygen atoms in total. The summed E-state index contributed by atoms with van der Waals surface area (Å²) >= 11 is 0. The van der Waals surface area contributed by atoms with Gasteiger partial charge in [0.05, 0.1) is 0 Å². The normalized spacial score (nSPS) is 21.8. The standard InChI is InChI=1S/C15H17F2N3O2/c1-8-7-10(12(16)17)9(2)18-13(8)20-14(21)11-5-3-4-6-19(11)15(20)22/h7,11-12H,3-6H2,1-2H3. The molecular weight excluding hydrogens is 292 g/mol. The number of carbonyl (C=O) groups excluding carboxylic acids is 2. The fraction of sp³-hybridized carbons (Fsp3) is 0.533. The van der Waals surface area contributed by atoms with E-state index < -0.39 is 18.5 Å². The molecule has 3 heterocycles. The van der Waals surface area contributed by atoms with Crippen LogP contribution in [-0.2, 0) is 4.79 Å². The van der Waals surface area contributed by atoms with E-state index in [1.165, 1.54) is 13.0 Å². The molecule has 0 aliphatic carbocycles. The molecule has 3 rings (SSSR count). The van der Waals surface area contributed by atoms with Crippen LogP contribution in [0.4, 0.5) is 19.4 Å². The van der Waals surface area contributed by atoms with Crippen LogP contribution in [-0.4, -0.2) is 34.4 Å². The van der Waals surface area contributed by atoms with Crippen LogP contribution in [0.15, 0.2) is 6.07 Å². The quantitative estimate of drug-likeness (QED) is 0.789. The third kappa shape index (κ3) is 2.15. The predicted octanol–water partition coefficient (Wildman–Crippen LogP) is 2.96. The van der Waals surface area contributed by atoms with Crippen molar-refractivity contribution >= 4 is 17.8 Å². The van der Waals surface area contributed by atoms with Crippen molar-refractivity contribution in [1.82, 2.24) is 9.88 Å². The van der Waals surface area contributed by atoms with Crippen LogP contribution >= 0.6 is 0 Å². The molecule has 0 bridgehead atoms. The van der Waals surface area contributed by atoms with Crippen molar-refractivity contribution in [3.8, 4) is 0 Å². The number of anilines is 1. The third-order valence-electron chi connectivity index (χ3n) is 4.31. The molecule has 0 aromatic carbocycles. The van der Waals surface area contributed by atoms with Gasteiger partial charge in [-0.05, 0) is 44.7 Å². The van der Waals surface area contributed by atoms with E-state index in [2.05, 4.69) is 4.98 Å². The van der Waals surface area contributed by atoms with Crippen LogP contribution in [0.3, 0.4) is 0 Å². The number of halogens is 2. The highest BCUT2D eigenvalue weighted by Gasteiger charge is 2.47. The minimum Gasteiger partial charge on any atom is -0.312 e. The molecule has 1 aromatic rings. The highest BCUT2D eigenvalue weighted by molar-refractivity contribution is 6.21. The number of carbonyl (C=O) groups is 2. The van der Waals surface area contributed by atoms with E-state index in [9.17, 15) is 18.4 Å². The largest absolute Gasteiger partial charge is 0.333 e. The maximum absolute atomic E-state index is 12.9. The smallest absolute Gasteiger partial charge is 0.312 e. The first-order valence-electron chi connectivity index (χ1n) is 7.32. The molecular formula is C15H17F2N3O2. The van der Waals surface area contributed by atoms with Crippen molar-refractivity contribution in [1.29, 1.82) is 0 Å². The number of rotatable bonds is 2. The monoisotopic (exact) mass is 309 g/mol. The first kappa shape index (κ1) is 14.9. The van der Waals surface area contributed by atoms with Crippen molar-refractivity contribution in [2.24, 2.45) is 0 Å². The molecule has 118 valence electrons. The van der Waals surface area contributed by atoms with E-state index in [-0.39, 0.29) is 23.0 Å². The predicted molar refractivity (Wildman–Crippen MR) is 75.9 cm³/mol. The Hall–Kier alpha value is -2.05. The summed E-state index contributed by atoms with van der Waals surface area (Å²) in [6.07, 6.45) is -0.200. The number of fused-ring (bicyclic) bond motifs is 1. The van der Waals surface area contributed by atoms with Crippen molar-refractivity contribution in [3.63, 3.8) is 0 Å². The molecule has 3 amide bonds. The van der Waals surface area contributed by atoms with Gasteiger partial charge >= 0.3 is 6.03 Å². The van der Waals surface area contributed by atoms with Gasteiger partial charge in [-0.1, -0.05) is 0 Å². The summed E-state index contributed by atoms with van der Waals surface area (Å²) in [6.45, 7) is 3.60. The van der Waals surface area contributed by atoms with Gasteiger partial charge < -0.3 is 4.90 Å².